The molecule has 5 heteroatoms. The number of amides is 2. The number of nitrogens with one attached hydrogen (secondary N) is 1. The quantitative estimate of drug-likeness (QED) is 0.860. The molecule has 1 heterocycles. The fraction of sp³-hybridized carbons (Fsp3) is 0.529. The Labute approximate surface area is 131 Å². The van der Waals surface area contributed by atoms with Crippen molar-refractivity contribution in [2.75, 3.05) is 19.6 Å². The zero-order valence-corrected chi connectivity index (χ0v) is 13.6. The number of hydrogen-bond acceptors (Lipinski definition) is 3. The van der Waals surface area contributed by atoms with Crippen LogP contribution in [-0.2, 0) is 11.2 Å². The van der Waals surface area contributed by atoms with Gasteiger partial charge in [-0.1, -0.05) is 26.0 Å². The van der Waals surface area contributed by atoms with Crippen molar-refractivity contribution in [2.45, 2.75) is 39.2 Å². The largest absolute Gasteiger partial charge is 0.366 e. The number of benzene rings is 1. The predicted octanol–water partition coefficient (Wildman–Crippen LogP) is 1.27. The van der Waals surface area contributed by atoms with E-state index in [9.17, 15) is 9.59 Å². The highest BCUT2D eigenvalue weighted by atomic mass is 16.2. The lowest BCUT2D eigenvalue weighted by atomic mass is 9.93. The van der Waals surface area contributed by atoms with Crippen molar-refractivity contribution in [1.82, 2.24) is 10.2 Å². The highest BCUT2D eigenvalue weighted by Crippen LogP contribution is 2.22. The summed E-state index contributed by atoms with van der Waals surface area (Å²) < 4.78 is 0. The van der Waals surface area contributed by atoms with Gasteiger partial charge in [-0.2, -0.15) is 0 Å². The van der Waals surface area contributed by atoms with Crippen LogP contribution in [0.3, 0.4) is 0 Å². The van der Waals surface area contributed by atoms with Crippen LogP contribution >= 0.6 is 0 Å². The van der Waals surface area contributed by atoms with Gasteiger partial charge >= 0.3 is 0 Å². The Morgan fingerprint density at radius 3 is 2.68 bits per heavy atom. The van der Waals surface area contributed by atoms with E-state index < -0.39 is 0 Å². The van der Waals surface area contributed by atoms with Crippen molar-refractivity contribution in [3.05, 3.63) is 34.9 Å². The molecule has 2 amide bonds. The van der Waals surface area contributed by atoms with E-state index in [-0.39, 0.29) is 23.8 Å². The van der Waals surface area contributed by atoms with Gasteiger partial charge in [0, 0.05) is 24.7 Å². The number of hydrogen-bond donors (Lipinski definition) is 2. The van der Waals surface area contributed by atoms with Crippen molar-refractivity contribution in [1.29, 1.82) is 0 Å². The predicted molar refractivity (Wildman–Crippen MR) is 86.8 cm³/mol. The molecule has 0 aliphatic carbocycles. The smallest absolute Gasteiger partial charge is 0.248 e. The molecule has 5 nitrogen and oxygen atoms in total. The minimum atomic E-state index is -0.379. The molecule has 1 aliphatic heterocycles. The summed E-state index contributed by atoms with van der Waals surface area (Å²) in [4.78, 5) is 25.3. The third-order valence-electron chi connectivity index (χ3n) is 4.23. The van der Waals surface area contributed by atoms with Crippen LogP contribution in [0.2, 0.25) is 0 Å². The van der Waals surface area contributed by atoms with Crippen LogP contribution in [0.4, 0.5) is 0 Å². The van der Waals surface area contributed by atoms with Gasteiger partial charge < -0.3 is 11.1 Å². The summed E-state index contributed by atoms with van der Waals surface area (Å²) in [6.07, 6.45) is 0.798. The molecule has 0 saturated carbocycles. The first-order valence-electron chi connectivity index (χ1n) is 7.82. The number of nitrogens with two attached hydrogens (primary N) is 1. The highest BCUT2D eigenvalue weighted by Gasteiger charge is 2.21. The normalized spacial score (nSPS) is 17.4. The number of carbonyl (C=O) groups is 2. The summed E-state index contributed by atoms with van der Waals surface area (Å²) in [5, 5.41) is 2.83. The summed E-state index contributed by atoms with van der Waals surface area (Å²) >= 11 is 0. The van der Waals surface area contributed by atoms with E-state index >= 15 is 0 Å². The van der Waals surface area contributed by atoms with Gasteiger partial charge in [0.25, 0.3) is 0 Å². The first-order valence-corrected chi connectivity index (χ1v) is 7.82. The van der Waals surface area contributed by atoms with Crippen LogP contribution in [0.1, 0.15) is 48.2 Å². The van der Waals surface area contributed by atoms with E-state index in [2.05, 4.69) is 37.1 Å². The maximum atomic E-state index is 11.7. The van der Waals surface area contributed by atoms with Gasteiger partial charge in [0.1, 0.15) is 0 Å². The molecule has 0 spiro atoms. The number of rotatable bonds is 5. The van der Waals surface area contributed by atoms with Crippen molar-refractivity contribution in [2.24, 2.45) is 5.73 Å². The summed E-state index contributed by atoms with van der Waals surface area (Å²) in [7, 11) is 0. The van der Waals surface area contributed by atoms with Gasteiger partial charge in [-0.25, -0.2) is 0 Å². The summed E-state index contributed by atoms with van der Waals surface area (Å²) in [5.41, 5.74) is 8.19. The topological polar surface area (TPSA) is 75.4 Å². The van der Waals surface area contributed by atoms with E-state index in [1.165, 1.54) is 0 Å². The molecule has 1 atom stereocenters. The highest BCUT2D eigenvalue weighted by molar-refractivity contribution is 5.94. The third kappa shape index (κ3) is 3.85. The fourth-order valence-corrected chi connectivity index (χ4v) is 2.95. The Balaban J connectivity index is 2.14. The Morgan fingerprint density at radius 2 is 2.09 bits per heavy atom. The average molecular weight is 303 g/mol. The molecular formula is C17H25N3O2. The van der Waals surface area contributed by atoms with Crippen LogP contribution in [-0.4, -0.2) is 42.4 Å². The first-order chi connectivity index (χ1) is 10.4. The second-order valence-electron chi connectivity index (χ2n) is 6.31. The summed E-state index contributed by atoms with van der Waals surface area (Å²) in [6, 6.07) is 6.20. The van der Waals surface area contributed by atoms with E-state index in [0.29, 0.717) is 18.7 Å². The minimum Gasteiger partial charge on any atom is -0.366 e. The lowest BCUT2D eigenvalue weighted by Gasteiger charge is -2.32. The zero-order chi connectivity index (χ0) is 16.3. The molecule has 2 rings (SSSR count). The SMILES string of the molecule is CC(C)c1ccc(CC(C)N2CCNC(=O)C2)cc1C(N)=O. The van der Waals surface area contributed by atoms with E-state index in [1.54, 1.807) is 0 Å². The molecule has 0 radical (unpaired) electrons. The molecular weight excluding hydrogens is 278 g/mol. The zero-order valence-electron chi connectivity index (χ0n) is 13.6. The van der Waals surface area contributed by atoms with E-state index in [1.807, 2.05) is 12.1 Å². The molecule has 1 saturated heterocycles. The maximum absolute atomic E-state index is 11.7. The number of primary amides is 1. The molecule has 3 N–H and O–H groups in total. The van der Waals surface area contributed by atoms with Crippen LogP contribution in [0, 0.1) is 0 Å². The van der Waals surface area contributed by atoms with Gasteiger partial charge in [-0.05, 0) is 36.5 Å². The number of piperazine rings is 1. The van der Waals surface area contributed by atoms with Crippen LogP contribution in [0.15, 0.2) is 18.2 Å². The van der Waals surface area contributed by atoms with E-state index in [0.717, 1.165) is 24.1 Å². The average Bonchev–Trinajstić information content (AvgIpc) is 2.46. The van der Waals surface area contributed by atoms with Gasteiger partial charge in [-0.3, -0.25) is 14.5 Å². The van der Waals surface area contributed by atoms with Crippen molar-refractivity contribution in [3.8, 4) is 0 Å². The second kappa shape index (κ2) is 6.92. The summed E-state index contributed by atoms with van der Waals surface area (Å²) in [5.74, 6) is -0.0404. The Hall–Kier alpha value is -1.88. The van der Waals surface area contributed by atoms with Gasteiger partial charge in [0.15, 0.2) is 0 Å². The van der Waals surface area contributed by atoms with Crippen molar-refractivity contribution >= 4 is 11.8 Å². The monoisotopic (exact) mass is 303 g/mol. The molecule has 1 fully saturated rings. The first kappa shape index (κ1) is 16.5. The minimum absolute atomic E-state index is 0.0751. The molecule has 22 heavy (non-hydrogen) atoms. The number of carbonyl (C=O) groups excluding carboxylic acids is 2. The lowest BCUT2D eigenvalue weighted by Crippen LogP contribution is -2.51. The van der Waals surface area contributed by atoms with E-state index in [4.69, 9.17) is 5.73 Å². The maximum Gasteiger partial charge on any atom is 0.248 e. The molecule has 1 aliphatic rings. The standard InChI is InChI=1S/C17H25N3O2/c1-11(2)14-5-4-13(9-15(14)17(18)22)8-12(3)20-7-6-19-16(21)10-20/h4-5,9,11-12H,6-8,10H2,1-3H3,(H2,18,22)(H,19,21). The third-order valence-corrected chi connectivity index (χ3v) is 4.23. The number of nitrogens with zero attached hydrogens (tertiary/aromatic N) is 1. The molecule has 120 valence electrons. The van der Waals surface area contributed by atoms with Gasteiger partial charge in [0.2, 0.25) is 11.8 Å². The second-order valence-corrected chi connectivity index (χ2v) is 6.31. The molecule has 1 aromatic carbocycles. The lowest BCUT2D eigenvalue weighted by molar-refractivity contribution is -0.124. The van der Waals surface area contributed by atoms with Crippen molar-refractivity contribution in [3.63, 3.8) is 0 Å². The summed E-state index contributed by atoms with van der Waals surface area (Å²) in [6.45, 7) is 8.21. The molecule has 1 unspecified atom stereocenters. The molecule has 0 aromatic heterocycles. The Morgan fingerprint density at radius 1 is 1.36 bits per heavy atom. The fourth-order valence-electron chi connectivity index (χ4n) is 2.95. The van der Waals surface area contributed by atoms with Gasteiger partial charge in [0.05, 0.1) is 6.54 Å². The van der Waals surface area contributed by atoms with Crippen LogP contribution in [0.25, 0.3) is 0 Å². The van der Waals surface area contributed by atoms with Crippen LogP contribution in [0.5, 0.6) is 0 Å². The van der Waals surface area contributed by atoms with Gasteiger partial charge in [-0.15, -0.1) is 0 Å². The Kier molecular flexibility index (Phi) is 5.19. The molecule has 0 bridgehead atoms. The van der Waals surface area contributed by atoms with Crippen LogP contribution < -0.4 is 11.1 Å². The van der Waals surface area contributed by atoms with Crippen molar-refractivity contribution < 1.29 is 9.59 Å². The molecule has 1 aromatic rings. The Bertz CT molecular complexity index is 569.